The summed E-state index contributed by atoms with van der Waals surface area (Å²) in [7, 11) is 1.34. The van der Waals surface area contributed by atoms with Gasteiger partial charge < -0.3 is 10.3 Å². The van der Waals surface area contributed by atoms with E-state index in [4.69, 9.17) is 5.73 Å². The molecule has 0 radical (unpaired) electrons. The van der Waals surface area contributed by atoms with E-state index in [0.29, 0.717) is 17.5 Å². The molecule has 2 aromatic carbocycles. The zero-order valence-corrected chi connectivity index (χ0v) is 19.7. The van der Waals surface area contributed by atoms with Crippen molar-refractivity contribution in [2.75, 3.05) is 11.5 Å². The van der Waals surface area contributed by atoms with Crippen molar-refractivity contribution in [3.63, 3.8) is 0 Å². The topological polar surface area (TPSA) is 118 Å². The highest BCUT2D eigenvalue weighted by atomic mass is 32.2. The normalized spacial score (nSPS) is 11.0. The molecule has 0 amide bonds. The van der Waals surface area contributed by atoms with Crippen molar-refractivity contribution in [3.8, 4) is 11.4 Å². The van der Waals surface area contributed by atoms with Crippen LogP contribution in [0, 0.1) is 0 Å². The average molecular weight is 477 g/mol. The molecule has 0 atom stereocenters. The molecule has 0 spiro atoms. The van der Waals surface area contributed by atoms with Gasteiger partial charge in [-0.2, -0.15) is 0 Å². The van der Waals surface area contributed by atoms with Crippen LogP contribution in [-0.2, 0) is 20.1 Å². The van der Waals surface area contributed by atoms with E-state index in [9.17, 15) is 14.4 Å². The lowest BCUT2D eigenvalue weighted by Crippen LogP contribution is -2.43. The van der Waals surface area contributed by atoms with Crippen molar-refractivity contribution >= 4 is 23.4 Å². The number of nitrogens with two attached hydrogens (primary N) is 1. The van der Waals surface area contributed by atoms with E-state index in [1.54, 1.807) is 0 Å². The summed E-state index contributed by atoms with van der Waals surface area (Å²) >= 11 is 1.18. The first-order chi connectivity index (χ1) is 16.4. The van der Waals surface area contributed by atoms with Crippen molar-refractivity contribution < 1.29 is 4.79 Å². The van der Waals surface area contributed by atoms with E-state index in [1.165, 1.54) is 23.4 Å². The van der Waals surface area contributed by atoms with Gasteiger partial charge in [-0.1, -0.05) is 72.4 Å². The van der Waals surface area contributed by atoms with Gasteiger partial charge in [0.05, 0.1) is 12.3 Å². The Hall–Kier alpha value is -3.92. The molecule has 0 saturated heterocycles. The molecule has 34 heavy (non-hydrogen) atoms. The van der Waals surface area contributed by atoms with Crippen molar-refractivity contribution in [1.82, 2.24) is 23.9 Å². The fourth-order valence-corrected chi connectivity index (χ4v) is 4.52. The highest BCUT2D eigenvalue weighted by molar-refractivity contribution is 7.99. The Labute approximate surface area is 199 Å². The minimum atomic E-state index is -0.709. The summed E-state index contributed by atoms with van der Waals surface area (Å²) in [5.74, 6) is 0.0156. The molecule has 9 nitrogen and oxygen atoms in total. The van der Waals surface area contributed by atoms with E-state index in [0.717, 1.165) is 15.7 Å². The molecule has 0 bridgehead atoms. The van der Waals surface area contributed by atoms with Gasteiger partial charge in [0.25, 0.3) is 5.56 Å². The maximum Gasteiger partial charge on any atom is 0.332 e. The minimum absolute atomic E-state index is 0.0735. The monoisotopic (exact) mass is 476 g/mol. The third kappa shape index (κ3) is 4.44. The Balaban J connectivity index is 1.63. The predicted octanol–water partition coefficient (Wildman–Crippen LogP) is 2.43. The number of thioether (sulfide) groups is 1. The van der Waals surface area contributed by atoms with Crippen LogP contribution >= 0.6 is 11.8 Å². The first kappa shape index (κ1) is 23.2. The molecular formula is C24H24N6O3S. The predicted molar refractivity (Wildman–Crippen MR) is 132 cm³/mol. The van der Waals surface area contributed by atoms with Crippen LogP contribution in [0.15, 0.2) is 75.4 Å². The van der Waals surface area contributed by atoms with Crippen LogP contribution in [0.2, 0.25) is 0 Å². The number of rotatable bonds is 8. The summed E-state index contributed by atoms with van der Waals surface area (Å²) in [6.07, 6.45) is 0. The fraction of sp³-hybridized carbons (Fsp3) is 0.208. The first-order valence-corrected chi connectivity index (χ1v) is 11.7. The summed E-state index contributed by atoms with van der Waals surface area (Å²) in [4.78, 5) is 38.6. The van der Waals surface area contributed by atoms with E-state index >= 15 is 0 Å². The highest BCUT2D eigenvalue weighted by Crippen LogP contribution is 2.24. The molecule has 2 N–H and O–H groups in total. The Morgan fingerprint density at radius 2 is 1.62 bits per heavy atom. The average Bonchev–Trinajstić information content (AvgIpc) is 3.28. The molecule has 0 fully saturated rings. The number of benzene rings is 2. The minimum Gasteiger partial charge on any atom is -0.384 e. The van der Waals surface area contributed by atoms with Crippen LogP contribution in [0.5, 0.6) is 0 Å². The Morgan fingerprint density at radius 1 is 0.971 bits per heavy atom. The van der Waals surface area contributed by atoms with Crippen molar-refractivity contribution in [2.24, 2.45) is 7.05 Å². The fourth-order valence-electron chi connectivity index (χ4n) is 3.65. The first-order valence-electron chi connectivity index (χ1n) is 10.7. The lowest BCUT2D eigenvalue weighted by Gasteiger charge is -2.14. The Morgan fingerprint density at radius 3 is 2.26 bits per heavy atom. The van der Waals surface area contributed by atoms with Crippen LogP contribution in [0.1, 0.15) is 22.8 Å². The number of hydrogen-bond acceptors (Lipinski definition) is 7. The van der Waals surface area contributed by atoms with Crippen molar-refractivity contribution in [1.29, 1.82) is 0 Å². The molecule has 0 aliphatic rings. The zero-order chi connectivity index (χ0) is 24.2. The van der Waals surface area contributed by atoms with Gasteiger partial charge in [0, 0.05) is 19.2 Å². The maximum absolute atomic E-state index is 13.1. The molecule has 0 saturated carbocycles. The maximum atomic E-state index is 13.1. The second-order valence-corrected chi connectivity index (χ2v) is 8.55. The van der Waals surface area contributed by atoms with Gasteiger partial charge in [-0.15, -0.1) is 10.2 Å². The van der Waals surface area contributed by atoms with E-state index in [2.05, 4.69) is 10.2 Å². The Kier molecular flexibility index (Phi) is 6.78. The Bertz CT molecular complexity index is 1440. The van der Waals surface area contributed by atoms with E-state index < -0.39 is 17.0 Å². The number of aromatic nitrogens is 5. The standard InChI is InChI=1S/C24H24N6O3S/c1-3-29-21(17-12-8-5-9-13-17)26-27-23(29)34-15-18(31)19-20(25)30(24(33)28(2)22(19)32)14-16-10-6-4-7-11-16/h4-13H,3,14-15,25H2,1-2H3. The second-order valence-electron chi connectivity index (χ2n) is 7.61. The number of hydrogen-bond donors (Lipinski definition) is 1. The molecule has 4 rings (SSSR count). The van der Waals surface area contributed by atoms with Gasteiger partial charge in [-0.05, 0) is 12.5 Å². The number of carbonyl (C=O) groups excluding carboxylic acids is 1. The smallest absolute Gasteiger partial charge is 0.332 e. The third-order valence-electron chi connectivity index (χ3n) is 5.44. The molecule has 10 heteroatoms. The highest BCUT2D eigenvalue weighted by Gasteiger charge is 2.23. The molecule has 0 aliphatic heterocycles. The van der Waals surface area contributed by atoms with Crippen LogP contribution in [-0.4, -0.2) is 35.4 Å². The van der Waals surface area contributed by atoms with Gasteiger partial charge in [-0.3, -0.25) is 18.7 Å². The van der Waals surface area contributed by atoms with Gasteiger partial charge in [0.15, 0.2) is 16.8 Å². The summed E-state index contributed by atoms with van der Waals surface area (Å²) in [6.45, 7) is 2.73. The molecule has 0 unspecified atom stereocenters. The van der Waals surface area contributed by atoms with Crippen molar-refractivity contribution in [2.45, 2.75) is 25.2 Å². The summed E-state index contributed by atoms with van der Waals surface area (Å²) in [6, 6.07) is 18.9. The molecular weight excluding hydrogens is 452 g/mol. The van der Waals surface area contributed by atoms with Gasteiger partial charge in [0.2, 0.25) is 0 Å². The zero-order valence-electron chi connectivity index (χ0n) is 18.8. The van der Waals surface area contributed by atoms with Crippen LogP contribution < -0.4 is 17.0 Å². The van der Waals surface area contributed by atoms with Gasteiger partial charge in [-0.25, -0.2) is 4.79 Å². The van der Waals surface area contributed by atoms with Gasteiger partial charge >= 0.3 is 5.69 Å². The molecule has 2 aromatic heterocycles. The van der Waals surface area contributed by atoms with E-state index in [1.807, 2.05) is 72.2 Å². The molecule has 2 heterocycles. The van der Waals surface area contributed by atoms with Crippen molar-refractivity contribution in [3.05, 3.63) is 92.6 Å². The summed E-state index contributed by atoms with van der Waals surface area (Å²) in [5.41, 5.74) is 6.46. The molecule has 0 aliphatic carbocycles. The number of anilines is 1. The third-order valence-corrected chi connectivity index (χ3v) is 6.41. The number of carbonyl (C=O) groups is 1. The summed E-state index contributed by atoms with van der Waals surface area (Å²) < 4.78 is 4.07. The lowest BCUT2D eigenvalue weighted by molar-refractivity contribution is 0.102. The lowest BCUT2D eigenvalue weighted by atomic mass is 10.2. The molecule has 4 aromatic rings. The summed E-state index contributed by atoms with van der Waals surface area (Å²) in [5, 5.41) is 9.07. The number of nitrogens with zero attached hydrogens (tertiary/aromatic N) is 5. The number of ketones is 1. The second kappa shape index (κ2) is 9.92. The quantitative estimate of drug-likeness (QED) is 0.306. The van der Waals surface area contributed by atoms with Gasteiger partial charge in [0.1, 0.15) is 11.4 Å². The number of nitrogen functional groups attached to an aromatic ring is 1. The van der Waals surface area contributed by atoms with Crippen LogP contribution in [0.4, 0.5) is 5.82 Å². The van der Waals surface area contributed by atoms with Crippen LogP contribution in [0.25, 0.3) is 11.4 Å². The number of Topliss-reactive ketones (excluding diaryl/α,β-unsaturated/α-hetero) is 1. The van der Waals surface area contributed by atoms with Crippen LogP contribution in [0.3, 0.4) is 0 Å². The molecule has 174 valence electrons. The largest absolute Gasteiger partial charge is 0.384 e. The van der Waals surface area contributed by atoms with E-state index in [-0.39, 0.29) is 23.7 Å². The SMILES string of the molecule is CCn1c(SCC(=O)c2c(N)n(Cc3ccccc3)c(=O)n(C)c2=O)nnc1-c1ccccc1.